The number of ether oxygens (including phenoxy) is 1. The lowest BCUT2D eigenvalue weighted by atomic mass is 10.1. The van der Waals surface area contributed by atoms with E-state index in [1.807, 2.05) is 30.3 Å². The zero-order valence-corrected chi connectivity index (χ0v) is 11.4. The van der Waals surface area contributed by atoms with Crippen LogP contribution < -0.4 is 15.8 Å². The molecule has 2 aromatic rings. The van der Waals surface area contributed by atoms with Crippen LogP contribution in [0.5, 0.6) is 5.75 Å². The molecule has 21 heavy (non-hydrogen) atoms. The number of methoxy groups -OCH3 is 1. The van der Waals surface area contributed by atoms with Crippen molar-refractivity contribution in [3.05, 3.63) is 53.6 Å². The van der Waals surface area contributed by atoms with E-state index in [4.69, 9.17) is 15.6 Å². The monoisotopic (exact) mass is 282 g/mol. The Kier molecular flexibility index (Phi) is 4.32. The first-order chi connectivity index (χ1) is 10.1. The van der Waals surface area contributed by atoms with Crippen LogP contribution in [-0.2, 0) is 0 Å². The van der Waals surface area contributed by atoms with Gasteiger partial charge in [0.1, 0.15) is 5.75 Å². The quantitative estimate of drug-likeness (QED) is 0.584. The Morgan fingerprint density at radius 1 is 1.24 bits per heavy atom. The van der Waals surface area contributed by atoms with E-state index in [0.29, 0.717) is 11.3 Å². The third-order valence-electron chi connectivity index (χ3n) is 2.73. The summed E-state index contributed by atoms with van der Waals surface area (Å²) in [5.74, 6) is 6.43. The summed E-state index contributed by atoms with van der Waals surface area (Å²) in [4.78, 5) is 10.7. The number of hydrogen-bond donors (Lipinski definition) is 3. The number of carboxylic acid groups (broad SMARTS) is 1. The van der Waals surface area contributed by atoms with Crippen molar-refractivity contribution in [3.8, 4) is 17.6 Å². The topological polar surface area (TPSA) is 84.6 Å². The summed E-state index contributed by atoms with van der Waals surface area (Å²) in [5, 5.41) is 11.0. The summed E-state index contributed by atoms with van der Waals surface area (Å²) >= 11 is 0. The van der Waals surface area contributed by atoms with Crippen LogP contribution in [-0.4, -0.2) is 18.3 Å². The number of amides is 1. The van der Waals surface area contributed by atoms with Gasteiger partial charge in [0.25, 0.3) is 0 Å². The molecule has 0 fully saturated rings. The number of benzene rings is 2. The Bertz CT molecular complexity index is 716. The van der Waals surface area contributed by atoms with E-state index < -0.39 is 6.09 Å². The predicted octanol–water partition coefficient (Wildman–Crippen LogP) is 2.77. The first-order valence-electron chi connectivity index (χ1n) is 6.14. The highest BCUT2D eigenvalue weighted by molar-refractivity contribution is 5.88. The van der Waals surface area contributed by atoms with Crippen molar-refractivity contribution in [3.63, 3.8) is 0 Å². The number of carbonyl (C=O) groups is 1. The third kappa shape index (κ3) is 3.67. The number of hydrogen-bond acceptors (Lipinski definition) is 3. The maximum atomic E-state index is 10.7. The van der Waals surface area contributed by atoms with Gasteiger partial charge >= 0.3 is 6.09 Å². The summed E-state index contributed by atoms with van der Waals surface area (Å²) in [5.41, 5.74) is 7.83. The summed E-state index contributed by atoms with van der Waals surface area (Å²) < 4.78 is 5.22. The molecule has 0 aromatic heterocycles. The molecule has 106 valence electrons. The Morgan fingerprint density at radius 3 is 2.57 bits per heavy atom. The maximum absolute atomic E-state index is 10.7. The maximum Gasteiger partial charge on any atom is 0.409 e. The van der Waals surface area contributed by atoms with E-state index >= 15 is 0 Å². The lowest BCUT2D eigenvalue weighted by molar-refractivity contribution is 0.210. The first-order valence-corrected chi connectivity index (χ1v) is 6.14. The number of rotatable bonds is 2. The number of nitrogens with one attached hydrogen (secondary N) is 1. The molecular weight excluding hydrogens is 268 g/mol. The third-order valence-corrected chi connectivity index (χ3v) is 2.73. The van der Waals surface area contributed by atoms with Gasteiger partial charge in [-0.05, 0) is 18.2 Å². The van der Waals surface area contributed by atoms with Crippen LogP contribution in [0.25, 0.3) is 0 Å². The van der Waals surface area contributed by atoms with Gasteiger partial charge in [0.2, 0.25) is 0 Å². The molecule has 0 unspecified atom stereocenters. The van der Waals surface area contributed by atoms with E-state index in [-0.39, 0.29) is 11.4 Å². The molecule has 0 atom stereocenters. The van der Waals surface area contributed by atoms with E-state index in [0.717, 1.165) is 5.56 Å². The van der Waals surface area contributed by atoms with E-state index in [9.17, 15) is 4.79 Å². The highest BCUT2D eigenvalue weighted by atomic mass is 16.5. The highest BCUT2D eigenvalue weighted by Gasteiger charge is 2.09. The Labute approximate surface area is 122 Å². The van der Waals surface area contributed by atoms with Crippen molar-refractivity contribution in [1.82, 2.24) is 0 Å². The van der Waals surface area contributed by atoms with Gasteiger partial charge < -0.3 is 15.6 Å². The van der Waals surface area contributed by atoms with E-state index in [1.54, 1.807) is 6.07 Å². The lowest BCUT2D eigenvalue weighted by Gasteiger charge is -2.10. The molecule has 0 saturated carbocycles. The molecule has 0 saturated heterocycles. The summed E-state index contributed by atoms with van der Waals surface area (Å²) in [7, 11) is 1.49. The van der Waals surface area contributed by atoms with E-state index in [1.165, 1.54) is 13.2 Å². The van der Waals surface area contributed by atoms with Crippen LogP contribution in [0.2, 0.25) is 0 Å². The molecule has 4 N–H and O–H groups in total. The molecule has 0 aliphatic rings. The normalized spacial score (nSPS) is 9.38. The van der Waals surface area contributed by atoms with Crippen LogP contribution in [0.3, 0.4) is 0 Å². The summed E-state index contributed by atoms with van der Waals surface area (Å²) in [6, 6.07) is 12.6. The van der Waals surface area contributed by atoms with Gasteiger partial charge in [0.05, 0.1) is 24.0 Å². The van der Waals surface area contributed by atoms with Crippen molar-refractivity contribution in [2.75, 3.05) is 18.2 Å². The van der Waals surface area contributed by atoms with Gasteiger partial charge in [0, 0.05) is 11.6 Å². The molecular formula is C16H14N2O3. The Morgan fingerprint density at radius 2 is 1.95 bits per heavy atom. The number of nitrogen functional groups attached to an aromatic ring is 1. The van der Waals surface area contributed by atoms with Crippen LogP contribution >= 0.6 is 0 Å². The zero-order chi connectivity index (χ0) is 15.2. The van der Waals surface area contributed by atoms with Gasteiger partial charge in [-0.15, -0.1) is 0 Å². The van der Waals surface area contributed by atoms with Crippen LogP contribution in [0, 0.1) is 11.8 Å². The largest absolute Gasteiger partial charge is 0.495 e. The van der Waals surface area contributed by atoms with Crippen LogP contribution in [0.4, 0.5) is 16.2 Å². The van der Waals surface area contributed by atoms with Gasteiger partial charge in [-0.1, -0.05) is 30.0 Å². The average Bonchev–Trinajstić information content (AvgIpc) is 2.48. The fraction of sp³-hybridized carbons (Fsp3) is 0.0625. The molecule has 0 aliphatic heterocycles. The van der Waals surface area contributed by atoms with Gasteiger partial charge in [-0.25, -0.2) is 4.79 Å². The lowest BCUT2D eigenvalue weighted by Crippen LogP contribution is -2.09. The highest BCUT2D eigenvalue weighted by Crippen LogP contribution is 2.28. The number of anilines is 2. The number of nitrogens with two attached hydrogens (primary N) is 1. The first kappa shape index (κ1) is 14.3. The van der Waals surface area contributed by atoms with Gasteiger partial charge in [-0.3, -0.25) is 5.32 Å². The molecule has 5 nitrogen and oxygen atoms in total. The molecule has 0 bridgehead atoms. The average molecular weight is 282 g/mol. The van der Waals surface area contributed by atoms with Crippen molar-refractivity contribution < 1.29 is 14.6 Å². The smallest absolute Gasteiger partial charge is 0.409 e. The SMILES string of the molecule is COc1cc(NC(=O)O)c(N)cc1C#Cc1ccccc1. The van der Waals surface area contributed by atoms with Crippen molar-refractivity contribution in [2.45, 2.75) is 0 Å². The van der Waals surface area contributed by atoms with Crippen LogP contribution in [0.15, 0.2) is 42.5 Å². The second-order valence-electron chi connectivity index (χ2n) is 4.19. The summed E-state index contributed by atoms with van der Waals surface area (Å²) in [6.45, 7) is 0. The molecule has 0 heterocycles. The van der Waals surface area contributed by atoms with Crippen LogP contribution in [0.1, 0.15) is 11.1 Å². The summed E-state index contributed by atoms with van der Waals surface area (Å²) in [6.07, 6.45) is -1.19. The molecule has 2 aromatic carbocycles. The fourth-order valence-corrected chi connectivity index (χ4v) is 1.75. The predicted molar refractivity (Wildman–Crippen MR) is 81.5 cm³/mol. The van der Waals surface area contributed by atoms with Crippen molar-refractivity contribution >= 4 is 17.5 Å². The van der Waals surface area contributed by atoms with Crippen molar-refractivity contribution in [1.29, 1.82) is 0 Å². The second-order valence-corrected chi connectivity index (χ2v) is 4.19. The molecule has 0 radical (unpaired) electrons. The minimum absolute atomic E-state index is 0.268. The Balaban J connectivity index is 2.38. The minimum Gasteiger partial charge on any atom is -0.495 e. The molecule has 0 spiro atoms. The minimum atomic E-state index is -1.19. The molecule has 0 aliphatic carbocycles. The standard InChI is InChI=1S/C16H14N2O3/c1-21-15-10-14(18-16(19)20)13(17)9-12(15)8-7-11-5-3-2-4-6-11/h2-6,9-10,18H,17H2,1H3,(H,19,20). The molecule has 2 rings (SSSR count). The van der Waals surface area contributed by atoms with Gasteiger partial charge in [-0.2, -0.15) is 0 Å². The zero-order valence-electron chi connectivity index (χ0n) is 11.4. The van der Waals surface area contributed by atoms with Crippen molar-refractivity contribution in [2.24, 2.45) is 0 Å². The van der Waals surface area contributed by atoms with Gasteiger partial charge in [0.15, 0.2) is 0 Å². The van der Waals surface area contributed by atoms with E-state index in [2.05, 4.69) is 17.2 Å². The fourth-order valence-electron chi connectivity index (χ4n) is 1.75. The Hall–Kier alpha value is -3.13. The second kappa shape index (κ2) is 6.35. The molecule has 1 amide bonds. The molecule has 5 heteroatoms.